The molecular weight excluding hydrogens is 404 g/mol. The van der Waals surface area contributed by atoms with E-state index in [1.54, 1.807) is 30.3 Å². The Balaban J connectivity index is 1.56. The number of benzene rings is 2. The van der Waals surface area contributed by atoms with E-state index >= 15 is 0 Å². The van der Waals surface area contributed by atoms with Crippen LogP contribution in [0.4, 0.5) is 5.69 Å². The van der Waals surface area contributed by atoms with Crippen LogP contribution in [0, 0.1) is 0 Å². The van der Waals surface area contributed by atoms with Crippen molar-refractivity contribution in [2.24, 2.45) is 0 Å². The van der Waals surface area contributed by atoms with Crippen LogP contribution >= 0.6 is 11.8 Å². The fraction of sp³-hybridized carbons (Fsp3) is 0.222. The summed E-state index contributed by atoms with van der Waals surface area (Å²) in [6.45, 7) is 0.385. The molecule has 146 valence electrons. The molecule has 0 radical (unpaired) electrons. The second kappa shape index (κ2) is 7.36. The number of rotatable bonds is 6. The molecule has 0 spiro atoms. The Morgan fingerprint density at radius 1 is 1.21 bits per heavy atom. The number of hydrogen-bond donors (Lipinski definition) is 1. The molecule has 28 heavy (non-hydrogen) atoms. The van der Waals surface area contributed by atoms with Crippen molar-refractivity contribution in [3.63, 3.8) is 0 Å². The van der Waals surface area contributed by atoms with E-state index in [2.05, 4.69) is 9.71 Å². The predicted octanol–water partition coefficient (Wildman–Crippen LogP) is 3.04. The lowest BCUT2D eigenvalue weighted by molar-refractivity contribution is -0.137. The average Bonchev–Trinajstić information content (AvgIpc) is 3.27. The van der Waals surface area contributed by atoms with Gasteiger partial charge in [-0.2, -0.15) is 0 Å². The quantitative estimate of drug-likeness (QED) is 0.606. The first-order valence-corrected chi connectivity index (χ1v) is 10.7. The van der Waals surface area contributed by atoms with E-state index in [1.165, 1.54) is 31.0 Å². The van der Waals surface area contributed by atoms with Gasteiger partial charge in [-0.15, -0.1) is 0 Å². The molecule has 1 aromatic heterocycles. The molecule has 0 amide bonds. The number of aromatic nitrogens is 1. The minimum atomic E-state index is -3.80. The first-order chi connectivity index (χ1) is 13.4. The van der Waals surface area contributed by atoms with Gasteiger partial charge in [0, 0.05) is 12.1 Å². The lowest BCUT2D eigenvalue weighted by Gasteiger charge is -2.08. The van der Waals surface area contributed by atoms with E-state index in [1.807, 2.05) is 0 Å². The molecule has 0 bridgehead atoms. The normalized spacial score (nSPS) is 16.9. The van der Waals surface area contributed by atoms with Crippen LogP contribution in [0.25, 0.3) is 11.1 Å². The van der Waals surface area contributed by atoms with Gasteiger partial charge in [0.1, 0.15) is 16.5 Å². The Labute approximate surface area is 165 Å². The van der Waals surface area contributed by atoms with Gasteiger partial charge >= 0.3 is 5.97 Å². The van der Waals surface area contributed by atoms with Crippen molar-refractivity contribution in [3.05, 3.63) is 42.5 Å². The first kappa shape index (κ1) is 18.6. The molecule has 10 heteroatoms. The molecule has 0 unspecified atom stereocenters. The van der Waals surface area contributed by atoms with Crippen molar-refractivity contribution in [2.75, 3.05) is 18.4 Å². The summed E-state index contributed by atoms with van der Waals surface area (Å²) in [5.41, 5.74) is 1.25. The third kappa shape index (κ3) is 3.78. The summed E-state index contributed by atoms with van der Waals surface area (Å²) in [7, 11) is -2.26. The fourth-order valence-corrected chi connectivity index (χ4v) is 4.67. The second-order valence-electron chi connectivity index (χ2n) is 6.01. The van der Waals surface area contributed by atoms with Gasteiger partial charge in [0.05, 0.1) is 18.6 Å². The molecule has 1 N–H and O–H groups in total. The highest BCUT2D eigenvalue weighted by molar-refractivity contribution is 8.00. The summed E-state index contributed by atoms with van der Waals surface area (Å²) in [5, 5.41) is -0.0514. The monoisotopic (exact) mass is 420 g/mol. The van der Waals surface area contributed by atoms with Crippen LogP contribution in [0.1, 0.15) is 6.42 Å². The number of esters is 1. The number of thioether (sulfide) groups is 1. The highest BCUT2D eigenvalue weighted by Crippen LogP contribution is 2.32. The molecule has 1 fully saturated rings. The van der Waals surface area contributed by atoms with Gasteiger partial charge in [0.25, 0.3) is 15.2 Å². The van der Waals surface area contributed by atoms with Crippen LogP contribution in [-0.4, -0.2) is 38.3 Å². The van der Waals surface area contributed by atoms with E-state index in [0.717, 1.165) is 0 Å². The number of hydrogen-bond acceptors (Lipinski definition) is 8. The number of nitrogens with zero attached hydrogens (tertiary/aromatic N) is 1. The van der Waals surface area contributed by atoms with E-state index < -0.39 is 10.0 Å². The van der Waals surface area contributed by atoms with Gasteiger partial charge < -0.3 is 13.9 Å². The number of sulfonamides is 1. The number of carbonyl (C=O) groups is 1. The Morgan fingerprint density at radius 3 is 2.68 bits per heavy atom. The van der Waals surface area contributed by atoms with E-state index in [9.17, 15) is 13.2 Å². The number of anilines is 1. The van der Waals surface area contributed by atoms with Crippen molar-refractivity contribution in [3.8, 4) is 5.75 Å². The first-order valence-electron chi connectivity index (χ1n) is 8.35. The standard InChI is InChI=1S/C18H16N2O6S2/c1-24-12-4-2-11(3-5-12)20-28(22,23)13-6-7-15-14(10-13)19-18(26-15)27-16-8-9-25-17(16)21/h2-7,10,16,20H,8-9H2,1H3/t16-/m1/s1. The third-order valence-corrected chi connectivity index (χ3v) is 6.59. The maximum absolute atomic E-state index is 12.7. The number of ether oxygens (including phenoxy) is 2. The minimum absolute atomic E-state index is 0.0564. The zero-order chi connectivity index (χ0) is 19.7. The number of cyclic esters (lactones) is 1. The Bertz CT molecular complexity index is 1120. The summed E-state index contributed by atoms with van der Waals surface area (Å²) in [4.78, 5) is 15.9. The van der Waals surface area contributed by atoms with Crippen LogP contribution in [0.15, 0.2) is 57.0 Å². The second-order valence-corrected chi connectivity index (χ2v) is 8.84. The van der Waals surface area contributed by atoms with Crippen LogP contribution in [-0.2, 0) is 19.6 Å². The number of oxazole rings is 1. The third-order valence-electron chi connectivity index (χ3n) is 4.12. The van der Waals surface area contributed by atoms with Crippen molar-refractivity contribution in [1.82, 2.24) is 4.98 Å². The molecule has 0 saturated carbocycles. The number of carbonyl (C=O) groups excluding carboxylic acids is 1. The largest absolute Gasteiger partial charge is 0.497 e. The number of fused-ring (bicyclic) bond motifs is 1. The smallest absolute Gasteiger partial charge is 0.319 e. The van der Waals surface area contributed by atoms with Crippen LogP contribution in [0.5, 0.6) is 5.75 Å². The maximum atomic E-state index is 12.7. The SMILES string of the molecule is COc1ccc(NS(=O)(=O)c2ccc3oc(S[C@@H]4CCOC4=O)nc3c2)cc1. The fourth-order valence-electron chi connectivity index (χ4n) is 2.68. The van der Waals surface area contributed by atoms with Crippen LogP contribution in [0.2, 0.25) is 0 Å². The molecule has 2 aromatic carbocycles. The van der Waals surface area contributed by atoms with Gasteiger partial charge in [-0.25, -0.2) is 13.4 Å². The molecular formula is C18H16N2O6S2. The van der Waals surface area contributed by atoms with Gasteiger partial charge in [0.15, 0.2) is 5.58 Å². The predicted molar refractivity (Wildman–Crippen MR) is 103 cm³/mol. The Morgan fingerprint density at radius 2 is 2.00 bits per heavy atom. The van der Waals surface area contributed by atoms with Crippen molar-refractivity contribution >= 4 is 44.5 Å². The summed E-state index contributed by atoms with van der Waals surface area (Å²) >= 11 is 1.18. The summed E-state index contributed by atoms with van der Waals surface area (Å²) in [6, 6.07) is 11.0. The summed E-state index contributed by atoms with van der Waals surface area (Å²) in [5.74, 6) is 0.336. The van der Waals surface area contributed by atoms with Gasteiger partial charge in [0.2, 0.25) is 0 Å². The van der Waals surface area contributed by atoms with Crippen LogP contribution < -0.4 is 9.46 Å². The zero-order valence-electron chi connectivity index (χ0n) is 14.7. The average molecular weight is 420 g/mol. The lowest BCUT2D eigenvalue weighted by atomic mass is 10.3. The van der Waals surface area contributed by atoms with Gasteiger partial charge in [-0.1, -0.05) is 11.8 Å². The molecule has 3 aromatic rings. The molecule has 1 saturated heterocycles. The number of methoxy groups -OCH3 is 1. The topological polar surface area (TPSA) is 108 Å². The van der Waals surface area contributed by atoms with Crippen LogP contribution in [0.3, 0.4) is 0 Å². The molecule has 8 nitrogen and oxygen atoms in total. The van der Waals surface area contributed by atoms with Gasteiger partial charge in [-0.05, 0) is 42.5 Å². The molecule has 1 aliphatic rings. The zero-order valence-corrected chi connectivity index (χ0v) is 16.4. The molecule has 0 aliphatic carbocycles. The maximum Gasteiger partial charge on any atom is 0.319 e. The van der Waals surface area contributed by atoms with Crippen molar-refractivity contribution in [1.29, 1.82) is 0 Å². The number of nitrogens with one attached hydrogen (secondary N) is 1. The molecule has 4 rings (SSSR count). The van der Waals surface area contributed by atoms with Crippen molar-refractivity contribution in [2.45, 2.75) is 21.8 Å². The highest BCUT2D eigenvalue weighted by Gasteiger charge is 2.29. The summed E-state index contributed by atoms with van der Waals surface area (Å²) < 4.78 is 43.4. The van der Waals surface area contributed by atoms with E-state index in [4.69, 9.17) is 13.9 Å². The summed E-state index contributed by atoms with van der Waals surface area (Å²) in [6.07, 6.45) is 0.591. The highest BCUT2D eigenvalue weighted by atomic mass is 32.2. The lowest BCUT2D eigenvalue weighted by Crippen LogP contribution is -2.12. The molecule has 1 aliphatic heterocycles. The Hall–Kier alpha value is -2.72. The van der Waals surface area contributed by atoms with E-state index in [0.29, 0.717) is 40.8 Å². The van der Waals surface area contributed by atoms with Gasteiger partial charge in [-0.3, -0.25) is 9.52 Å². The molecule has 1 atom stereocenters. The minimum Gasteiger partial charge on any atom is -0.497 e. The van der Waals surface area contributed by atoms with E-state index in [-0.39, 0.29) is 16.1 Å². The Kier molecular flexibility index (Phi) is 4.90. The van der Waals surface area contributed by atoms with Crippen molar-refractivity contribution < 1.29 is 27.1 Å². The molecule has 2 heterocycles.